The van der Waals surface area contributed by atoms with E-state index in [2.05, 4.69) is 52.0 Å². The molecule has 2 aromatic rings. The fraction of sp³-hybridized carbons (Fsp3) is 0.0769. The molecule has 4 nitrogen and oxygen atoms in total. The van der Waals surface area contributed by atoms with Crippen LogP contribution in [0, 0.1) is 5.53 Å². The third-order valence-electron chi connectivity index (χ3n) is 3.02. The van der Waals surface area contributed by atoms with Crippen LogP contribution in [0.1, 0.15) is 11.1 Å². The van der Waals surface area contributed by atoms with Crippen molar-refractivity contribution in [2.75, 3.05) is 5.43 Å². The first kappa shape index (κ1) is 13.0. The van der Waals surface area contributed by atoms with Crippen molar-refractivity contribution >= 4 is 35.2 Å². The van der Waals surface area contributed by atoms with E-state index in [4.69, 9.17) is 5.53 Å². The molecule has 0 aromatic heterocycles. The summed E-state index contributed by atoms with van der Waals surface area (Å²) in [5.41, 5.74) is 15.4. The quantitative estimate of drug-likeness (QED) is 0.311. The molecule has 0 bridgehead atoms. The molecule has 3 rings (SSSR count). The summed E-state index contributed by atoms with van der Waals surface area (Å²) in [6.07, 6.45) is 0.957. The molecule has 18 heavy (non-hydrogen) atoms. The molecule has 0 amide bonds. The molecule has 2 N–H and O–H groups in total. The van der Waals surface area contributed by atoms with Gasteiger partial charge < -0.3 is 0 Å². The molecule has 0 saturated heterocycles. The van der Waals surface area contributed by atoms with Crippen molar-refractivity contribution in [1.29, 1.82) is 5.53 Å². The SMILES string of the molecule is N=[N+]=NNc1ccc2c(c1)Cc1ccccc1-2.[NaH]. The minimum atomic E-state index is 0. The van der Waals surface area contributed by atoms with Gasteiger partial charge in [-0.1, -0.05) is 24.3 Å². The molecular formula is C13H12N4Na+. The summed E-state index contributed by atoms with van der Waals surface area (Å²) in [6, 6.07) is 14.5. The average molecular weight is 247 g/mol. The molecule has 0 atom stereocenters. The zero-order valence-electron chi connectivity index (χ0n) is 9.14. The number of nitrogens with one attached hydrogen (secondary N) is 2. The molecule has 5 heteroatoms. The molecule has 0 saturated carbocycles. The van der Waals surface area contributed by atoms with Crippen LogP contribution < -0.4 is 10.3 Å². The number of anilines is 1. The standard InChI is InChI=1S/C13H10N4.Na.H/c14-16-17-15-11-5-6-13-10(8-11)7-9-3-1-2-4-12(9)13;;/h1-6,8,14H,7H2;;/p+1. The molecule has 0 fully saturated rings. The fourth-order valence-corrected chi connectivity index (χ4v) is 2.30. The fourth-order valence-electron chi connectivity index (χ4n) is 2.30. The number of hydrogen-bond donors (Lipinski definition) is 2. The van der Waals surface area contributed by atoms with Crippen molar-refractivity contribution in [2.45, 2.75) is 6.42 Å². The van der Waals surface area contributed by atoms with Gasteiger partial charge in [0.05, 0.1) is 4.91 Å². The monoisotopic (exact) mass is 247 g/mol. The summed E-state index contributed by atoms with van der Waals surface area (Å²) >= 11 is 0. The molecule has 2 aromatic carbocycles. The van der Waals surface area contributed by atoms with Crippen LogP contribution >= 0.6 is 0 Å². The second kappa shape index (κ2) is 5.46. The van der Waals surface area contributed by atoms with E-state index in [0.717, 1.165) is 12.1 Å². The Morgan fingerprint density at radius 1 is 1.06 bits per heavy atom. The Morgan fingerprint density at radius 2 is 1.83 bits per heavy atom. The Labute approximate surface area is 127 Å². The van der Waals surface area contributed by atoms with Gasteiger partial charge in [0.2, 0.25) is 5.22 Å². The zero-order valence-corrected chi connectivity index (χ0v) is 9.14. The van der Waals surface area contributed by atoms with Gasteiger partial charge in [-0.05, 0) is 52.4 Å². The van der Waals surface area contributed by atoms with E-state index in [1.807, 2.05) is 6.07 Å². The molecular weight excluding hydrogens is 235 g/mol. The summed E-state index contributed by atoms with van der Waals surface area (Å²) in [5.74, 6) is 0. The zero-order chi connectivity index (χ0) is 11.7. The third-order valence-corrected chi connectivity index (χ3v) is 3.02. The van der Waals surface area contributed by atoms with E-state index in [1.54, 1.807) is 0 Å². The topological polar surface area (TPSA) is 62.3 Å². The first-order valence-electron chi connectivity index (χ1n) is 5.42. The van der Waals surface area contributed by atoms with Crippen LogP contribution in [0.3, 0.4) is 0 Å². The van der Waals surface area contributed by atoms with Crippen molar-refractivity contribution in [2.24, 2.45) is 5.22 Å². The maximum absolute atomic E-state index is 6.61. The first-order chi connectivity index (χ1) is 8.38. The van der Waals surface area contributed by atoms with E-state index in [-0.39, 0.29) is 29.6 Å². The Kier molecular flexibility index (Phi) is 3.94. The number of fused-ring (bicyclic) bond motifs is 3. The minimum absolute atomic E-state index is 0. The van der Waals surface area contributed by atoms with E-state index in [1.165, 1.54) is 22.3 Å². The van der Waals surface area contributed by atoms with Crippen LogP contribution in [-0.2, 0) is 6.42 Å². The van der Waals surface area contributed by atoms with Crippen molar-refractivity contribution in [3.63, 3.8) is 0 Å². The van der Waals surface area contributed by atoms with Crippen molar-refractivity contribution in [3.05, 3.63) is 53.6 Å². The Balaban J connectivity index is 0.00000120. The van der Waals surface area contributed by atoms with Gasteiger partial charge in [-0.25, -0.2) is 0 Å². The summed E-state index contributed by atoms with van der Waals surface area (Å²) in [7, 11) is 0. The Morgan fingerprint density at radius 3 is 2.67 bits per heavy atom. The summed E-state index contributed by atoms with van der Waals surface area (Å²) < 4.78 is 0. The van der Waals surface area contributed by atoms with Crippen LogP contribution in [0.5, 0.6) is 0 Å². The number of rotatable bonds is 2. The van der Waals surface area contributed by atoms with Crippen molar-refractivity contribution in [3.8, 4) is 11.1 Å². The van der Waals surface area contributed by atoms with Gasteiger partial charge in [0.15, 0.2) is 0 Å². The Hall–Kier alpha value is -1.45. The van der Waals surface area contributed by atoms with Gasteiger partial charge in [0.1, 0.15) is 5.69 Å². The average Bonchev–Trinajstić information content (AvgIpc) is 2.74. The molecule has 0 radical (unpaired) electrons. The van der Waals surface area contributed by atoms with Crippen LogP contribution in [0.15, 0.2) is 47.7 Å². The second-order valence-electron chi connectivity index (χ2n) is 4.02. The van der Waals surface area contributed by atoms with E-state index in [9.17, 15) is 0 Å². The van der Waals surface area contributed by atoms with Gasteiger partial charge in [0.25, 0.3) is 0 Å². The molecule has 0 spiro atoms. The van der Waals surface area contributed by atoms with Gasteiger partial charge in [0, 0.05) is 0 Å². The van der Waals surface area contributed by atoms with Gasteiger partial charge in [-0.2, -0.15) is 0 Å². The predicted molar refractivity (Wildman–Crippen MR) is 72.7 cm³/mol. The molecule has 84 valence electrons. The molecule has 0 heterocycles. The first-order valence-corrected chi connectivity index (χ1v) is 5.42. The maximum atomic E-state index is 6.61. The molecule has 1 aliphatic carbocycles. The van der Waals surface area contributed by atoms with E-state index < -0.39 is 0 Å². The summed E-state index contributed by atoms with van der Waals surface area (Å²) in [5, 5.41) is 3.46. The second-order valence-corrected chi connectivity index (χ2v) is 4.02. The van der Waals surface area contributed by atoms with Crippen LogP contribution in [0.4, 0.5) is 5.69 Å². The van der Waals surface area contributed by atoms with Crippen molar-refractivity contribution in [1.82, 2.24) is 4.91 Å². The molecule has 0 aliphatic heterocycles. The van der Waals surface area contributed by atoms with Crippen molar-refractivity contribution < 1.29 is 0 Å². The number of benzene rings is 2. The van der Waals surface area contributed by atoms with Crippen LogP contribution in [-0.4, -0.2) is 29.6 Å². The van der Waals surface area contributed by atoms with Gasteiger partial charge in [-0.3, -0.25) is 0 Å². The molecule has 1 aliphatic rings. The normalized spacial score (nSPS) is 10.7. The number of hydrogen-bond acceptors (Lipinski definition) is 2. The van der Waals surface area contributed by atoms with E-state index in [0.29, 0.717) is 0 Å². The number of nitrogens with zero attached hydrogens (tertiary/aromatic N) is 2. The van der Waals surface area contributed by atoms with Crippen LogP contribution in [0.25, 0.3) is 11.1 Å². The summed E-state index contributed by atoms with van der Waals surface area (Å²) in [4.78, 5) is 2.93. The van der Waals surface area contributed by atoms with Crippen LogP contribution in [0.2, 0.25) is 0 Å². The predicted octanol–water partition coefficient (Wildman–Crippen LogP) is 2.49. The van der Waals surface area contributed by atoms with E-state index >= 15 is 0 Å². The summed E-state index contributed by atoms with van der Waals surface area (Å²) in [6.45, 7) is 0. The third kappa shape index (κ3) is 2.24. The Bertz CT molecular complexity index is 633. The molecule has 0 unspecified atom stereocenters. The van der Waals surface area contributed by atoms with Gasteiger partial charge in [-0.15, -0.1) is 5.43 Å². The van der Waals surface area contributed by atoms with Gasteiger partial charge >= 0.3 is 29.6 Å².